The van der Waals surface area contributed by atoms with E-state index >= 15 is 0 Å². The first kappa shape index (κ1) is 49.1. The van der Waals surface area contributed by atoms with Crippen LogP contribution in [0.2, 0.25) is 0 Å². The molecule has 0 fully saturated rings. The fourth-order valence-corrected chi connectivity index (χ4v) is 10.9. The summed E-state index contributed by atoms with van der Waals surface area (Å²) >= 11 is 0. The maximum atomic E-state index is 2.45. The second-order valence-corrected chi connectivity index (χ2v) is 20.1. The molecule has 13 rings (SSSR count). The van der Waals surface area contributed by atoms with Gasteiger partial charge in [0.15, 0.2) is 0 Å². The van der Waals surface area contributed by atoms with E-state index in [9.17, 15) is 0 Å². The van der Waals surface area contributed by atoms with Crippen molar-refractivity contribution < 1.29 is 0 Å². The molecule has 2 nitrogen and oxygen atoms in total. The van der Waals surface area contributed by atoms with Crippen molar-refractivity contribution in [2.24, 2.45) is 0 Å². The number of hydrogen-bond donors (Lipinski definition) is 0. The number of benzene rings is 13. The minimum atomic E-state index is 1.01. The minimum Gasteiger partial charge on any atom is -0.308 e. The van der Waals surface area contributed by atoms with E-state index in [0.29, 0.717) is 0 Å². The van der Waals surface area contributed by atoms with E-state index in [1.54, 1.807) is 0 Å². The zero-order valence-electron chi connectivity index (χ0n) is 44.2. The van der Waals surface area contributed by atoms with Crippen LogP contribution in [0.5, 0.6) is 0 Å². The first-order chi connectivity index (χ1) is 39.7. The minimum absolute atomic E-state index is 1.01. The number of hydrogen-bond acceptors (Lipinski definition) is 2. The summed E-state index contributed by atoms with van der Waals surface area (Å²) in [5, 5.41) is 0. The first-order valence-electron chi connectivity index (χ1n) is 27.4. The Morgan fingerprint density at radius 2 is 0.287 bits per heavy atom. The molecular weight excluding hydrogens is 965 g/mol. The largest absolute Gasteiger partial charge is 0.308 e. The third-order valence-electron chi connectivity index (χ3n) is 15.1. The molecule has 378 valence electrons. The lowest BCUT2D eigenvalue weighted by Crippen LogP contribution is -2.17. The first-order valence-corrected chi connectivity index (χ1v) is 27.4. The summed E-state index contributed by atoms with van der Waals surface area (Å²) in [7, 11) is 0. The molecule has 0 atom stereocenters. The molecule has 0 aliphatic carbocycles. The molecule has 0 radical (unpaired) electrons. The Hall–Kier alpha value is -10.5. The Bertz CT molecular complexity index is 3670. The smallest absolute Gasteiger partial charge is 0.0709 e. The summed E-state index contributed by atoms with van der Waals surface area (Å²) in [6, 6.07) is 123. The van der Waals surface area contributed by atoms with Crippen LogP contribution in [0.25, 0.3) is 89.0 Å². The second-order valence-electron chi connectivity index (χ2n) is 20.1. The van der Waals surface area contributed by atoms with Crippen LogP contribution in [0.4, 0.5) is 34.1 Å². The van der Waals surface area contributed by atoms with E-state index in [1.165, 1.54) is 44.5 Å². The van der Waals surface area contributed by atoms with Gasteiger partial charge in [-0.3, -0.25) is 0 Å². The monoisotopic (exact) mass is 1020 g/mol. The van der Waals surface area contributed by atoms with Crippen LogP contribution in [-0.4, -0.2) is 0 Å². The average molecular weight is 1020 g/mol. The molecule has 0 spiro atoms. The Labute approximate surface area is 470 Å². The Morgan fingerprint density at radius 1 is 0.138 bits per heavy atom. The van der Waals surface area contributed by atoms with Gasteiger partial charge in [-0.05, 0) is 150 Å². The van der Waals surface area contributed by atoms with Crippen LogP contribution in [0.15, 0.2) is 340 Å². The molecule has 80 heavy (non-hydrogen) atoms. The van der Waals surface area contributed by atoms with Crippen molar-refractivity contribution in [1.29, 1.82) is 0 Å². The lowest BCUT2D eigenvalue weighted by atomic mass is 9.90. The Kier molecular flexibility index (Phi) is 13.8. The van der Waals surface area contributed by atoms with Gasteiger partial charge in [0.25, 0.3) is 0 Å². The molecule has 0 bridgehead atoms. The van der Waals surface area contributed by atoms with Gasteiger partial charge in [0.05, 0.1) is 11.4 Å². The van der Waals surface area contributed by atoms with Crippen LogP contribution < -0.4 is 9.80 Å². The van der Waals surface area contributed by atoms with Crippen molar-refractivity contribution in [3.63, 3.8) is 0 Å². The van der Waals surface area contributed by atoms with Crippen LogP contribution in [0.1, 0.15) is 0 Å². The summed E-state index contributed by atoms with van der Waals surface area (Å²) in [5.74, 6) is 0. The van der Waals surface area contributed by atoms with Gasteiger partial charge >= 0.3 is 0 Å². The molecule has 13 aromatic carbocycles. The third kappa shape index (κ3) is 10.4. The van der Waals surface area contributed by atoms with Gasteiger partial charge in [-0.2, -0.15) is 0 Å². The highest BCUT2D eigenvalue weighted by Crippen LogP contribution is 2.51. The predicted molar refractivity (Wildman–Crippen MR) is 339 cm³/mol. The molecule has 0 saturated heterocycles. The van der Waals surface area contributed by atoms with E-state index in [-0.39, 0.29) is 0 Å². The van der Waals surface area contributed by atoms with Crippen molar-refractivity contribution in [2.75, 3.05) is 9.80 Å². The van der Waals surface area contributed by atoms with Crippen molar-refractivity contribution >= 4 is 34.1 Å². The van der Waals surface area contributed by atoms with Gasteiger partial charge in [0.2, 0.25) is 0 Å². The van der Waals surface area contributed by atoms with Gasteiger partial charge in [-0.1, -0.05) is 279 Å². The Balaban J connectivity index is 1.09. The van der Waals surface area contributed by atoms with Gasteiger partial charge in [-0.15, -0.1) is 0 Å². The fraction of sp³-hybridized carbons (Fsp3) is 0. The summed E-state index contributed by atoms with van der Waals surface area (Å²) < 4.78 is 0. The zero-order valence-corrected chi connectivity index (χ0v) is 44.2. The highest BCUT2D eigenvalue weighted by Gasteiger charge is 2.26. The van der Waals surface area contributed by atoms with Crippen molar-refractivity contribution in [1.82, 2.24) is 0 Å². The van der Waals surface area contributed by atoms with Gasteiger partial charge in [-0.25, -0.2) is 0 Å². The predicted octanol–water partition coefficient (Wildman–Crippen LogP) is 22.0. The molecule has 13 aromatic rings. The molecule has 2 heteroatoms. The van der Waals surface area contributed by atoms with Crippen molar-refractivity contribution in [3.05, 3.63) is 340 Å². The molecule has 0 N–H and O–H groups in total. The van der Waals surface area contributed by atoms with Gasteiger partial charge in [0, 0.05) is 22.7 Å². The van der Waals surface area contributed by atoms with Crippen molar-refractivity contribution in [3.8, 4) is 89.0 Å². The topological polar surface area (TPSA) is 6.48 Å². The SMILES string of the molecule is c1ccc(-c2ccc(-c3cc(N(c4ccc(-c5ccccc5)cc4)c4ccc(-c5ccccc5)cc4)c(N(c4ccc(-c5ccccc5)cc4)c4ccc(-c5ccccc5)cc4)cc3-c3ccc(-c4ccccc4)cc3)cc2)cc1. The van der Waals surface area contributed by atoms with E-state index in [2.05, 4.69) is 350 Å². The van der Waals surface area contributed by atoms with Crippen LogP contribution >= 0.6 is 0 Å². The van der Waals surface area contributed by atoms with Crippen LogP contribution in [0.3, 0.4) is 0 Å². The van der Waals surface area contributed by atoms with E-state index in [4.69, 9.17) is 0 Å². The average Bonchev–Trinajstić information content (AvgIpc) is 3.74. The summed E-state index contributed by atoms with van der Waals surface area (Å²) in [6.45, 7) is 0. The van der Waals surface area contributed by atoms with E-state index < -0.39 is 0 Å². The lowest BCUT2D eigenvalue weighted by Gasteiger charge is -2.35. The number of anilines is 6. The fourth-order valence-electron chi connectivity index (χ4n) is 10.9. The summed E-state index contributed by atoms with van der Waals surface area (Å²) in [5.41, 5.74) is 24.6. The zero-order chi connectivity index (χ0) is 53.5. The molecule has 0 aromatic heterocycles. The molecule has 0 aliphatic heterocycles. The summed E-state index contributed by atoms with van der Waals surface area (Å²) in [6.07, 6.45) is 0. The molecule has 0 heterocycles. The maximum Gasteiger partial charge on any atom is 0.0709 e. The van der Waals surface area contributed by atoms with Crippen LogP contribution in [0, 0.1) is 0 Å². The van der Waals surface area contributed by atoms with Crippen LogP contribution in [-0.2, 0) is 0 Å². The number of rotatable bonds is 14. The molecular formula is C78H56N2. The molecule has 0 aliphatic rings. The van der Waals surface area contributed by atoms with Gasteiger partial charge < -0.3 is 9.80 Å². The standard InChI is InChI=1S/C78H56N2/c1-7-19-57(20-8-1)63-31-35-69(36-32-63)75-55-77(79(71-47-39-65(40-48-71)59-23-11-3-12-24-59)72-49-41-66(42-50-72)60-25-13-4-14-26-60)78(56-76(75)70-37-33-64(34-38-70)58-21-9-2-10-22-58)80(73-51-43-67(44-52-73)61-27-15-5-16-28-61)74-53-45-68(46-54-74)62-29-17-6-18-30-62/h1-56H. The summed E-state index contributed by atoms with van der Waals surface area (Å²) in [4.78, 5) is 4.90. The molecule has 0 unspecified atom stereocenters. The molecule has 0 amide bonds. The quantitative estimate of drug-likeness (QED) is 0.107. The van der Waals surface area contributed by atoms with E-state index in [1.807, 2.05) is 0 Å². The maximum absolute atomic E-state index is 2.45. The molecule has 0 saturated carbocycles. The van der Waals surface area contributed by atoms with E-state index in [0.717, 1.165) is 78.6 Å². The third-order valence-corrected chi connectivity index (χ3v) is 15.1. The normalized spacial score (nSPS) is 11.0. The lowest BCUT2D eigenvalue weighted by molar-refractivity contribution is 1.23. The van der Waals surface area contributed by atoms with Crippen molar-refractivity contribution in [2.45, 2.75) is 0 Å². The second kappa shape index (κ2) is 22.6. The number of nitrogens with zero attached hydrogens (tertiary/aromatic N) is 2. The van der Waals surface area contributed by atoms with Gasteiger partial charge in [0.1, 0.15) is 0 Å². The highest BCUT2D eigenvalue weighted by molar-refractivity contribution is 6.00. The highest BCUT2D eigenvalue weighted by atomic mass is 15.2. The Morgan fingerprint density at radius 3 is 0.475 bits per heavy atom.